The van der Waals surface area contributed by atoms with Crippen molar-refractivity contribution >= 4 is 66.5 Å². The molecule has 5 nitrogen and oxygen atoms in total. The summed E-state index contributed by atoms with van der Waals surface area (Å²) < 4.78 is 28.3. The molecule has 3 aromatic rings. The van der Waals surface area contributed by atoms with E-state index in [0.29, 0.717) is 34.8 Å². The number of rotatable bonds is 8. The van der Waals surface area contributed by atoms with Crippen LogP contribution in [0.5, 0.6) is 11.5 Å². The van der Waals surface area contributed by atoms with Crippen LogP contribution in [-0.2, 0) is 11.4 Å². The first-order valence-corrected chi connectivity index (χ1v) is 15.7. The van der Waals surface area contributed by atoms with Gasteiger partial charge in [-0.3, -0.25) is 9.69 Å². The van der Waals surface area contributed by atoms with Crippen molar-refractivity contribution in [3.8, 4) is 11.5 Å². The van der Waals surface area contributed by atoms with Gasteiger partial charge < -0.3 is 9.47 Å². The van der Waals surface area contributed by atoms with Crippen LogP contribution < -0.4 is 9.47 Å². The Hall–Kier alpha value is -2.62. The summed E-state index contributed by atoms with van der Waals surface area (Å²) in [6, 6.07) is 18.2. The summed E-state index contributed by atoms with van der Waals surface area (Å²) in [7, 11) is 0. The zero-order valence-corrected chi connectivity index (χ0v) is 26.0. The molecular formula is C31H29Br2FN2O3S. The second-order valence-electron chi connectivity index (χ2n) is 9.60. The standard InChI is InChI=1S/C31H29Br2FN2O3S/c1-2-38-27-17-21(16-24(33)29(27)39-19-20-12-14-22(32)15-13-20)18-28-30(37)36(23-8-4-3-5-9-23)31(40-28)35-26-11-7-6-10-25(26)34/h6-7,10-18,23H,2-5,8-9,19H2,1H3/b28-18-,35-31?. The molecule has 0 N–H and O–H groups in total. The number of amidine groups is 1. The van der Waals surface area contributed by atoms with Crippen LogP contribution in [0.1, 0.15) is 50.2 Å². The van der Waals surface area contributed by atoms with E-state index < -0.39 is 5.82 Å². The first-order chi connectivity index (χ1) is 19.4. The Kier molecular flexibility index (Phi) is 9.65. The highest BCUT2D eigenvalue weighted by molar-refractivity contribution is 9.10. The molecule has 1 aliphatic carbocycles. The van der Waals surface area contributed by atoms with E-state index in [2.05, 4.69) is 36.9 Å². The highest BCUT2D eigenvalue weighted by Gasteiger charge is 2.39. The van der Waals surface area contributed by atoms with Crippen LogP contribution in [0.3, 0.4) is 0 Å². The summed E-state index contributed by atoms with van der Waals surface area (Å²) in [6.07, 6.45) is 6.98. The molecule has 1 heterocycles. The molecule has 1 saturated carbocycles. The molecule has 1 saturated heterocycles. The highest BCUT2D eigenvalue weighted by atomic mass is 79.9. The van der Waals surface area contributed by atoms with Gasteiger partial charge in [-0.05, 0) is 101 Å². The third-order valence-corrected chi connectivity index (χ3v) is 8.87. The van der Waals surface area contributed by atoms with Gasteiger partial charge in [0, 0.05) is 10.5 Å². The van der Waals surface area contributed by atoms with Gasteiger partial charge in [-0.15, -0.1) is 0 Å². The number of benzene rings is 3. The number of aliphatic imine (C=N–C) groups is 1. The van der Waals surface area contributed by atoms with Crippen molar-refractivity contribution < 1.29 is 18.7 Å². The third kappa shape index (κ3) is 6.81. The van der Waals surface area contributed by atoms with Gasteiger partial charge in [0.25, 0.3) is 5.91 Å². The van der Waals surface area contributed by atoms with Crippen LogP contribution in [0.4, 0.5) is 10.1 Å². The predicted molar refractivity (Wildman–Crippen MR) is 167 cm³/mol. The Morgan fingerprint density at radius 1 is 1.05 bits per heavy atom. The minimum atomic E-state index is -0.409. The summed E-state index contributed by atoms with van der Waals surface area (Å²) >= 11 is 8.39. The summed E-state index contributed by atoms with van der Waals surface area (Å²) in [5.74, 6) is 0.674. The molecule has 1 aliphatic heterocycles. The smallest absolute Gasteiger partial charge is 0.267 e. The van der Waals surface area contributed by atoms with Gasteiger partial charge in [-0.1, -0.05) is 59.5 Å². The summed E-state index contributed by atoms with van der Waals surface area (Å²) in [5.41, 5.74) is 2.05. The molecule has 3 aromatic carbocycles. The fraction of sp³-hybridized carbons (Fsp3) is 0.290. The van der Waals surface area contributed by atoms with E-state index >= 15 is 0 Å². The molecule has 0 bridgehead atoms. The van der Waals surface area contributed by atoms with Crippen LogP contribution in [0, 0.1) is 5.82 Å². The van der Waals surface area contributed by atoms with Crippen LogP contribution in [-0.4, -0.2) is 28.6 Å². The van der Waals surface area contributed by atoms with Crippen LogP contribution in [0.25, 0.3) is 6.08 Å². The van der Waals surface area contributed by atoms with E-state index in [1.807, 2.05) is 49.4 Å². The fourth-order valence-electron chi connectivity index (χ4n) is 4.83. The maximum atomic E-state index is 14.5. The van der Waals surface area contributed by atoms with Gasteiger partial charge >= 0.3 is 0 Å². The molecule has 2 aliphatic rings. The maximum absolute atomic E-state index is 14.5. The molecule has 5 rings (SSSR count). The summed E-state index contributed by atoms with van der Waals surface area (Å²) in [6.45, 7) is 2.76. The number of carbonyl (C=O) groups excluding carboxylic acids is 1. The predicted octanol–water partition coefficient (Wildman–Crippen LogP) is 9.27. The minimum Gasteiger partial charge on any atom is -0.490 e. The first kappa shape index (κ1) is 28.9. The van der Waals surface area contributed by atoms with E-state index in [1.165, 1.54) is 24.2 Å². The number of amides is 1. The average molecular weight is 688 g/mol. The molecular weight excluding hydrogens is 659 g/mol. The Balaban J connectivity index is 1.45. The van der Waals surface area contributed by atoms with E-state index in [-0.39, 0.29) is 17.6 Å². The number of para-hydroxylation sites is 1. The lowest BCUT2D eigenvalue weighted by molar-refractivity contribution is -0.124. The minimum absolute atomic E-state index is 0.0604. The van der Waals surface area contributed by atoms with Gasteiger partial charge in [0.1, 0.15) is 18.1 Å². The topological polar surface area (TPSA) is 51.1 Å². The Morgan fingerprint density at radius 2 is 1.80 bits per heavy atom. The number of hydrogen-bond donors (Lipinski definition) is 0. The number of thioether (sulfide) groups is 1. The van der Waals surface area contributed by atoms with Crippen molar-refractivity contribution in [2.75, 3.05) is 6.61 Å². The molecule has 0 radical (unpaired) electrons. The van der Waals surface area contributed by atoms with Crippen LogP contribution >= 0.6 is 43.6 Å². The first-order valence-electron chi connectivity index (χ1n) is 13.3. The summed E-state index contributed by atoms with van der Waals surface area (Å²) in [4.78, 5) is 20.7. The van der Waals surface area contributed by atoms with Gasteiger partial charge in [-0.25, -0.2) is 9.38 Å². The number of nitrogens with zero attached hydrogens (tertiary/aromatic N) is 2. The molecule has 2 fully saturated rings. The van der Waals surface area contributed by atoms with Gasteiger partial charge in [0.2, 0.25) is 0 Å². The van der Waals surface area contributed by atoms with E-state index in [9.17, 15) is 9.18 Å². The number of carbonyl (C=O) groups is 1. The third-order valence-electron chi connectivity index (χ3n) is 6.77. The normalized spacial score (nSPS) is 18.1. The largest absolute Gasteiger partial charge is 0.490 e. The Morgan fingerprint density at radius 3 is 2.52 bits per heavy atom. The zero-order valence-electron chi connectivity index (χ0n) is 22.0. The quantitative estimate of drug-likeness (QED) is 0.222. The van der Waals surface area contributed by atoms with Crippen LogP contribution in [0.2, 0.25) is 0 Å². The maximum Gasteiger partial charge on any atom is 0.267 e. The number of hydrogen-bond acceptors (Lipinski definition) is 5. The van der Waals surface area contributed by atoms with E-state index in [4.69, 9.17) is 9.47 Å². The lowest BCUT2D eigenvalue weighted by Crippen LogP contribution is -2.40. The van der Waals surface area contributed by atoms with Gasteiger partial charge in [0.05, 0.1) is 16.0 Å². The lowest BCUT2D eigenvalue weighted by Gasteiger charge is -2.30. The molecule has 208 valence electrons. The van der Waals surface area contributed by atoms with Crippen molar-refractivity contribution in [2.24, 2.45) is 4.99 Å². The zero-order chi connectivity index (χ0) is 28.1. The van der Waals surface area contributed by atoms with E-state index in [0.717, 1.165) is 45.8 Å². The SMILES string of the molecule is CCOc1cc(/C=C2\SC(=Nc3ccccc3F)N(C3CCCCC3)C2=O)cc(Br)c1OCc1ccc(Br)cc1. The Labute approximate surface area is 255 Å². The fourth-order valence-corrected chi connectivity index (χ4v) is 6.72. The van der Waals surface area contributed by atoms with E-state index in [1.54, 1.807) is 23.1 Å². The van der Waals surface area contributed by atoms with Crippen molar-refractivity contribution in [3.63, 3.8) is 0 Å². The Bertz CT molecular complexity index is 1440. The van der Waals surface area contributed by atoms with Crippen molar-refractivity contribution in [2.45, 2.75) is 51.7 Å². The molecule has 0 aromatic heterocycles. The molecule has 0 atom stereocenters. The van der Waals surface area contributed by atoms with Crippen LogP contribution in [0.15, 0.2) is 79.5 Å². The second kappa shape index (κ2) is 13.4. The average Bonchev–Trinajstić information content (AvgIpc) is 3.25. The van der Waals surface area contributed by atoms with Gasteiger partial charge in [0.15, 0.2) is 16.7 Å². The molecule has 9 heteroatoms. The summed E-state index contributed by atoms with van der Waals surface area (Å²) in [5, 5.41) is 0.520. The molecule has 1 amide bonds. The molecule has 0 unspecified atom stereocenters. The monoisotopic (exact) mass is 686 g/mol. The highest BCUT2D eigenvalue weighted by Crippen LogP contribution is 2.42. The second-order valence-corrected chi connectivity index (χ2v) is 12.4. The lowest BCUT2D eigenvalue weighted by atomic mass is 9.94. The van der Waals surface area contributed by atoms with Gasteiger partial charge in [-0.2, -0.15) is 0 Å². The number of ether oxygens (including phenoxy) is 2. The molecule has 40 heavy (non-hydrogen) atoms. The van der Waals surface area contributed by atoms with Crippen molar-refractivity contribution in [3.05, 3.63) is 91.5 Å². The number of halogens is 3. The van der Waals surface area contributed by atoms with Crippen molar-refractivity contribution in [1.82, 2.24) is 4.90 Å². The molecule has 0 spiro atoms. The van der Waals surface area contributed by atoms with Crippen molar-refractivity contribution in [1.29, 1.82) is 0 Å².